The third kappa shape index (κ3) is 4.35. The number of cyclic esters (lactones) is 1. The standard InChI is InChI=1S/C16H22ClNO3/c1-11(12-4-6-13(17)7-5-12)18-9-8-14(21-15(18)19)10-16(2,3)20/h4-7,11,14,20H,8-10H2,1-3H3. The van der Waals surface area contributed by atoms with Crippen molar-refractivity contribution < 1.29 is 14.6 Å². The van der Waals surface area contributed by atoms with E-state index >= 15 is 0 Å². The largest absolute Gasteiger partial charge is 0.446 e. The summed E-state index contributed by atoms with van der Waals surface area (Å²) in [6.45, 7) is 6.05. The highest BCUT2D eigenvalue weighted by atomic mass is 35.5. The molecule has 5 heteroatoms. The van der Waals surface area contributed by atoms with Crippen molar-refractivity contribution >= 4 is 17.7 Å². The monoisotopic (exact) mass is 311 g/mol. The Morgan fingerprint density at radius 2 is 2.05 bits per heavy atom. The first kappa shape index (κ1) is 16.1. The summed E-state index contributed by atoms with van der Waals surface area (Å²) in [7, 11) is 0. The van der Waals surface area contributed by atoms with Crippen LogP contribution in [-0.4, -0.2) is 34.3 Å². The molecular weight excluding hydrogens is 290 g/mol. The van der Waals surface area contributed by atoms with Gasteiger partial charge >= 0.3 is 6.09 Å². The highest BCUT2D eigenvalue weighted by molar-refractivity contribution is 6.30. The van der Waals surface area contributed by atoms with Crippen molar-refractivity contribution in [3.8, 4) is 0 Å². The molecule has 0 spiro atoms. The molecule has 0 radical (unpaired) electrons. The number of hydrogen-bond acceptors (Lipinski definition) is 3. The summed E-state index contributed by atoms with van der Waals surface area (Å²) in [4.78, 5) is 13.9. The summed E-state index contributed by atoms with van der Waals surface area (Å²) >= 11 is 5.88. The lowest BCUT2D eigenvalue weighted by Gasteiger charge is -2.37. The SMILES string of the molecule is CC(c1ccc(Cl)cc1)N1CCC(CC(C)(C)O)OC1=O. The molecule has 1 saturated heterocycles. The minimum absolute atomic E-state index is 0.0575. The van der Waals surface area contributed by atoms with Crippen molar-refractivity contribution in [2.45, 2.75) is 51.4 Å². The van der Waals surface area contributed by atoms with Crippen molar-refractivity contribution in [2.24, 2.45) is 0 Å². The van der Waals surface area contributed by atoms with E-state index in [1.807, 2.05) is 31.2 Å². The van der Waals surface area contributed by atoms with Crippen LogP contribution < -0.4 is 0 Å². The quantitative estimate of drug-likeness (QED) is 0.920. The number of hydrogen-bond donors (Lipinski definition) is 1. The Kier molecular flexibility index (Phi) is 4.79. The van der Waals surface area contributed by atoms with E-state index in [0.29, 0.717) is 18.0 Å². The molecule has 1 aliphatic heterocycles. The van der Waals surface area contributed by atoms with Crippen LogP contribution >= 0.6 is 11.6 Å². The Morgan fingerprint density at radius 3 is 2.57 bits per heavy atom. The van der Waals surface area contributed by atoms with E-state index < -0.39 is 5.60 Å². The second-order valence-corrected chi connectivity index (χ2v) is 6.67. The van der Waals surface area contributed by atoms with Gasteiger partial charge in [0.05, 0.1) is 11.6 Å². The zero-order valence-corrected chi connectivity index (χ0v) is 13.4. The summed E-state index contributed by atoms with van der Waals surface area (Å²) in [6, 6.07) is 7.42. The molecule has 0 aliphatic carbocycles. The fraction of sp³-hybridized carbons (Fsp3) is 0.562. The summed E-state index contributed by atoms with van der Waals surface area (Å²) < 4.78 is 5.44. The fourth-order valence-electron chi connectivity index (χ4n) is 2.62. The minimum atomic E-state index is -0.824. The lowest BCUT2D eigenvalue weighted by molar-refractivity contribution is -0.0309. The fourth-order valence-corrected chi connectivity index (χ4v) is 2.74. The van der Waals surface area contributed by atoms with Crippen LogP contribution in [0.5, 0.6) is 0 Å². The number of carbonyl (C=O) groups is 1. The second-order valence-electron chi connectivity index (χ2n) is 6.23. The van der Waals surface area contributed by atoms with Gasteiger partial charge in [-0.1, -0.05) is 23.7 Å². The molecule has 0 saturated carbocycles. The topological polar surface area (TPSA) is 49.8 Å². The van der Waals surface area contributed by atoms with Crippen molar-refractivity contribution in [3.63, 3.8) is 0 Å². The van der Waals surface area contributed by atoms with Crippen molar-refractivity contribution in [1.29, 1.82) is 0 Å². The minimum Gasteiger partial charge on any atom is -0.446 e. The summed E-state index contributed by atoms with van der Waals surface area (Å²) in [5, 5.41) is 10.5. The highest BCUT2D eigenvalue weighted by Gasteiger charge is 2.33. The Bertz CT molecular complexity index is 495. The van der Waals surface area contributed by atoms with Crippen LogP contribution in [-0.2, 0) is 4.74 Å². The maximum absolute atomic E-state index is 12.2. The lowest BCUT2D eigenvalue weighted by Crippen LogP contribution is -2.45. The Labute approximate surface area is 130 Å². The molecule has 1 fully saturated rings. The number of nitrogens with zero attached hydrogens (tertiary/aromatic N) is 1. The van der Waals surface area contributed by atoms with Crippen LogP contribution in [0.1, 0.15) is 45.2 Å². The summed E-state index contributed by atoms with van der Waals surface area (Å²) in [5.41, 5.74) is 0.201. The third-order valence-electron chi connectivity index (χ3n) is 3.74. The highest BCUT2D eigenvalue weighted by Crippen LogP contribution is 2.28. The third-order valence-corrected chi connectivity index (χ3v) is 3.99. The van der Waals surface area contributed by atoms with Gasteiger partial charge in [-0.05, 0) is 38.5 Å². The molecule has 4 nitrogen and oxygen atoms in total. The maximum atomic E-state index is 12.2. The van der Waals surface area contributed by atoms with Gasteiger partial charge < -0.3 is 14.7 Å². The van der Waals surface area contributed by atoms with Gasteiger partial charge in [0.15, 0.2) is 0 Å². The first-order valence-corrected chi connectivity index (χ1v) is 7.59. The van der Waals surface area contributed by atoms with Crippen molar-refractivity contribution in [3.05, 3.63) is 34.9 Å². The zero-order valence-electron chi connectivity index (χ0n) is 12.7. The number of halogens is 1. The maximum Gasteiger partial charge on any atom is 0.410 e. The van der Waals surface area contributed by atoms with Gasteiger partial charge in [-0.2, -0.15) is 0 Å². The molecule has 2 unspecified atom stereocenters. The zero-order chi connectivity index (χ0) is 15.6. The van der Waals surface area contributed by atoms with Crippen LogP contribution in [0.2, 0.25) is 5.02 Å². The van der Waals surface area contributed by atoms with Crippen LogP contribution in [0, 0.1) is 0 Å². The van der Waals surface area contributed by atoms with E-state index in [-0.39, 0.29) is 18.2 Å². The predicted octanol–water partition coefficient (Wildman–Crippen LogP) is 3.77. The predicted molar refractivity (Wildman–Crippen MR) is 82.4 cm³/mol. The normalized spacial score (nSPS) is 21.1. The number of amides is 1. The second kappa shape index (κ2) is 6.24. The van der Waals surface area contributed by atoms with E-state index in [2.05, 4.69) is 0 Å². The molecule has 1 aliphatic rings. The van der Waals surface area contributed by atoms with Crippen LogP contribution in [0.15, 0.2) is 24.3 Å². The smallest absolute Gasteiger partial charge is 0.410 e. The van der Waals surface area contributed by atoms with Gasteiger partial charge in [-0.3, -0.25) is 0 Å². The first-order valence-electron chi connectivity index (χ1n) is 7.21. The van der Waals surface area contributed by atoms with Crippen LogP contribution in [0.25, 0.3) is 0 Å². The van der Waals surface area contributed by atoms with E-state index in [1.54, 1.807) is 18.7 Å². The van der Waals surface area contributed by atoms with Crippen LogP contribution in [0.4, 0.5) is 4.79 Å². The number of benzene rings is 1. The number of carbonyl (C=O) groups excluding carboxylic acids is 1. The number of aliphatic hydroxyl groups is 1. The molecular formula is C16H22ClNO3. The molecule has 1 N–H and O–H groups in total. The summed E-state index contributed by atoms with van der Waals surface area (Å²) in [5.74, 6) is 0. The van der Waals surface area contributed by atoms with Gasteiger partial charge in [0.1, 0.15) is 6.10 Å². The Morgan fingerprint density at radius 1 is 1.43 bits per heavy atom. The molecule has 1 heterocycles. The average Bonchev–Trinajstić information content (AvgIpc) is 2.37. The first-order chi connectivity index (χ1) is 9.76. The number of ether oxygens (including phenoxy) is 1. The Balaban J connectivity index is 2.00. The van der Waals surface area contributed by atoms with Gasteiger partial charge in [0.2, 0.25) is 0 Å². The molecule has 0 aromatic heterocycles. The molecule has 21 heavy (non-hydrogen) atoms. The Hall–Kier alpha value is -1.26. The van der Waals surface area contributed by atoms with Crippen LogP contribution in [0.3, 0.4) is 0 Å². The van der Waals surface area contributed by atoms with Gasteiger partial charge in [-0.25, -0.2) is 4.79 Å². The number of rotatable bonds is 4. The summed E-state index contributed by atoms with van der Waals surface area (Å²) in [6.07, 6.45) is 0.652. The van der Waals surface area contributed by atoms with Crippen molar-refractivity contribution in [1.82, 2.24) is 4.90 Å². The molecule has 2 rings (SSSR count). The molecule has 116 valence electrons. The van der Waals surface area contributed by atoms with Gasteiger partial charge in [-0.15, -0.1) is 0 Å². The van der Waals surface area contributed by atoms with E-state index in [1.165, 1.54) is 0 Å². The molecule has 1 aromatic rings. The molecule has 1 aromatic carbocycles. The van der Waals surface area contributed by atoms with E-state index in [0.717, 1.165) is 12.0 Å². The van der Waals surface area contributed by atoms with E-state index in [4.69, 9.17) is 16.3 Å². The van der Waals surface area contributed by atoms with E-state index in [9.17, 15) is 9.90 Å². The van der Waals surface area contributed by atoms with Gasteiger partial charge in [0, 0.05) is 24.4 Å². The lowest BCUT2D eigenvalue weighted by atomic mass is 9.97. The molecule has 1 amide bonds. The average molecular weight is 312 g/mol. The van der Waals surface area contributed by atoms with Gasteiger partial charge in [0.25, 0.3) is 0 Å². The molecule has 2 atom stereocenters. The molecule has 0 bridgehead atoms. The van der Waals surface area contributed by atoms with Crippen molar-refractivity contribution in [2.75, 3.05) is 6.54 Å².